The lowest BCUT2D eigenvalue weighted by Gasteiger charge is -2.05. The Morgan fingerprint density at radius 1 is 1.45 bits per heavy atom. The first-order valence-corrected chi connectivity index (χ1v) is 6.84. The molecule has 3 N–H and O–H groups in total. The second-order valence-electron chi connectivity index (χ2n) is 3.67. The molecule has 0 aliphatic rings. The molecule has 2 rings (SSSR count). The molecule has 20 heavy (non-hydrogen) atoms. The Labute approximate surface area is 114 Å². The summed E-state index contributed by atoms with van der Waals surface area (Å²) in [5.74, 6) is -1.02. The van der Waals surface area contributed by atoms with Gasteiger partial charge >= 0.3 is 5.97 Å². The van der Waals surface area contributed by atoms with Crippen molar-refractivity contribution in [2.24, 2.45) is 0 Å². The Kier molecular flexibility index (Phi) is 3.80. The predicted octanol–water partition coefficient (Wildman–Crippen LogP) is 0.703. The normalized spacial score (nSPS) is 11.6. The lowest BCUT2D eigenvalue weighted by atomic mass is 10.2. The van der Waals surface area contributed by atoms with Gasteiger partial charge in [-0.3, -0.25) is 4.72 Å². The topological polar surface area (TPSA) is 125 Å². The minimum absolute atomic E-state index is 0.0761. The fourth-order valence-corrected chi connectivity index (χ4v) is 2.26. The Bertz CT molecular complexity index is 738. The van der Waals surface area contributed by atoms with Crippen molar-refractivity contribution in [3.05, 3.63) is 42.5 Å². The molecule has 0 saturated heterocycles. The number of aromatic amines is 1. The van der Waals surface area contributed by atoms with E-state index in [1.807, 2.05) is 0 Å². The van der Waals surface area contributed by atoms with Crippen LogP contribution < -0.4 is 4.72 Å². The van der Waals surface area contributed by atoms with Gasteiger partial charge in [0.2, 0.25) is 0 Å². The maximum Gasteiger partial charge on any atom is 0.328 e. The molecule has 0 spiro atoms. The molecule has 9 heteroatoms. The van der Waals surface area contributed by atoms with E-state index in [1.54, 1.807) is 6.07 Å². The maximum absolute atomic E-state index is 11.9. The molecular weight excluding hydrogens is 284 g/mol. The van der Waals surface area contributed by atoms with Crippen molar-refractivity contribution in [1.82, 2.24) is 15.0 Å². The van der Waals surface area contributed by atoms with Gasteiger partial charge in [-0.05, 0) is 23.8 Å². The van der Waals surface area contributed by atoms with Crippen LogP contribution in [-0.2, 0) is 14.8 Å². The zero-order chi connectivity index (χ0) is 14.6. The van der Waals surface area contributed by atoms with Gasteiger partial charge in [-0.15, -0.1) is 0 Å². The van der Waals surface area contributed by atoms with Crippen LogP contribution in [0.4, 0.5) is 5.82 Å². The van der Waals surface area contributed by atoms with Gasteiger partial charge in [-0.1, -0.05) is 0 Å². The number of aliphatic carboxylic acids is 1. The molecule has 2 heterocycles. The summed E-state index contributed by atoms with van der Waals surface area (Å²) in [6.45, 7) is 0. The second kappa shape index (κ2) is 5.53. The van der Waals surface area contributed by atoms with E-state index < -0.39 is 16.0 Å². The first-order valence-electron chi connectivity index (χ1n) is 5.35. The average molecular weight is 294 g/mol. The van der Waals surface area contributed by atoms with Crippen molar-refractivity contribution in [1.29, 1.82) is 0 Å². The highest BCUT2D eigenvalue weighted by Crippen LogP contribution is 2.13. The largest absolute Gasteiger partial charge is 0.478 e. The fourth-order valence-electron chi connectivity index (χ4n) is 1.36. The van der Waals surface area contributed by atoms with Crippen molar-refractivity contribution in [2.45, 2.75) is 5.03 Å². The third kappa shape index (κ3) is 3.42. The lowest BCUT2D eigenvalue weighted by molar-refractivity contribution is -0.131. The Morgan fingerprint density at radius 3 is 2.90 bits per heavy atom. The summed E-state index contributed by atoms with van der Waals surface area (Å²) >= 11 is 0. The Hall–Kier alpha value is -2.68. The van der Waals surface area contributed by atoms with Gasteiger partial charge in [-0.2, -0.15) is 8.42 Å². The van der Waals surface area contributed by atoms with Gasteiger partial charge in [0.05, 0.1) is 12.5 Å². The molecule has 2 aromatic rings. The van der Waals surface area contributed by atoms with Gasteiger partial charge in [0.25, 0.3) is 10.0 Å². The lowest BCUT2D eigenvalue weighted by Crippen LogP contribution is -2.14. The second-order valence-corrected chi connectivity index (χ2v) is 5.32. The number of H-pyrrole nitrogens is 1. The van der Waals surface area contributed by atoms with Crippen LogP contribution >= 0.6 is 0 Å². The number of rotatable bonds is 5. The number of carboxylic acid groups (broad SMARTS) is 1. The summed E-state index contributed by atoms with van der Waals surface area (Å²) in [7, 11) is -3.79. The molecule has 104 valence electrons. The monoisotopic (exact) mass is 294 g/mol. The number of carboxylic acids is 1. The van der Waals surface area contributed by atoms with E-state index in [0.29, 0.717) is 5.56 Å². The maximum atomic E-state index is 11.9. The molecule has 0 radical (unpaired) electrons. The number of aromatic nitrogens is 3. The molecule has 0 saturated carbocycles. The van der Waals surface area contributed by atoms with E-state index in [1.165, 1.54) is 24.7 Å². The van der Waals surface area contributed by atoms with Gasteiger partial charge in [-0.25, -0.2) is 14.8 Å². The van der Waals surface area contributed by atoms with Crippen molar-refractivity contribution in [3.63, 3.8) is 0 Å². The molecule has 0 amide bonds. The van der Waals surface area contributed by atoms with Crippen LogP contribution in [0.15, 0.2) is 42.0 Å². The summed E-state index contributed by atoms with van der Waals surface area (Å²) in [5, 5.41) is 8.44. The minimum Gasteiger partial charge on any atom is -0.478 e. The van der Waals surface area contributed by atoms with Gasteiger partial charge in [0.1, 0.15) is 5.82 Å². The van der Waals surface area contributed by atoms with Gasteiger partial charge < -0.3 is 10.1 Å². The van der Waals surface area contributed by atoms with E-state index in [4.69, 9.17) is 5.11 Å². The molecule has 0 aromatic carbocycles. The first-order chi connectivity index (χ1) is 9.47. The van der Waals surface area contributed by atoms with Crippen molar-refractivity contribution in [2.75, 3.05) is 4.72 Å². The summed E-state index contributed by atoms with van der Waals surface area (Å²) in [5.41, 5.74) is 0.504. The van der Waals surface area contributed by atoms with Crippen LogP contribution in [0.5, 0.6) is 0 Å². The number of hydrogen-bond donors (Lipinski definition) is 3. The smallest absolute Gasteiger partial charge is 0.328 e. The highest BCUT2D eigenvalue weighted by molar-refractivity contribution is 7.92. The highest BCUT2D eigenvalue weighted by atomic mass is 32.2. The third-order valence-corrected chi connectivity index (χ3v) is 3.48. The number of anilines is 1. The number of pyridine rings is 1. The van der Waals surface area contributed by atoms with Crippen molar-refractivity contribution < 1.29 is 18.3 Å². The summed E-state index contributed by atoms with van der Waals surface area (Å²) in [6, 6.07) is 2.96. The zero-order valence-corrected chi connectivity index (χ0v) is 10.8. The summed E-state index contributed by atoms with van der Waals surface area (Å²) in [4.78, 5) is 20.4. The van der Waals surface area contributed by atoms with Crippen LogP contribution in [0.1, 0.15) is 5.56 Å². The van der Waals surface area contributed by atoms with Crippen molar-refractivity contribution in [3.8, 4) is 0 Å². The van der Waals surface area contributed by atoms with Crippen LogP contribution in [0.2, 0.25) is 0 Å². The van der Waals surface area contributed by atoms with Crippen LogP contribution in [0.3, 0.4) is 0 Å². The summed E-state index contributed by atoms with van der Waals surface area (Å²) < 4.78 is 26.1. The number of nitrogens with one attached hydrogen (secondary N) is 2. The molecule has 2 aromatic heterocycles. The first kappa shape index (κ1) is 13.7. The number of sulfonamides is 1. The number of imidazole rings is 1. The molecular formula is C11H10N4O4S. The molecule has 0 aliphatic carbocycles. The number of carbonyl (C=O) groups is 1. The highest BCUT2D eigenvalue weighted by Gasteiger charge is 2.16. The molecule has 0 fully saturated rings. The van der Waals surface area contributed by atoms with Crippen LogP contribution in [0.25, 0.3) is 6.08 Å². The van der Waals surface area contributed by atoms with Gasteiger partial charge in [0.15, 0.2) is 5.03 Å². The zero-order valence-electron chi connectivity index (χ0n) is 10.0. The van der Waals surface area contributed by atoms with E-state index in [9.17, 15) is 13.2 Å². The third-order valence-electron chi connectivity index (χ3n) is 2.20. The van der Waals surface area contributed by atoms with Crippen molar-refractivity contribution >= 4 is 27.9 Å². The molecule has 0 bridgehead atoms. The SMILES string of the molecule is O=C(O)/C=C/c1ccnc(NS(=O)(=O)c2cnc[nH]2)c1. The number of nitrogens with zero attached hydrogens (tertiary/aromatic N) is 2. The molecule has 0 atom stereocenters. The standard InChI is InChI=1S/C11H10N4O4S/c16-11(17)2-1-8-3-4-13-9(5-8)15-20(18,19)10-6-12-7-14-10/h1-7H,(H,12,14)(H,13,15)(H,16,17)/b2-1+. The summed E-state index contributed by atoms with van der Waals surface area (Å²) in [6.07, 6.45) is 6.05. The van der Waals surface area contributed by atoms with Gasteiger partial charge in [0, 0.05) is 12.3 Å². The molecule has 0 unspecified atom stereocenters. The minimum atomic E-state index is -3.79. The number of hydrogen-bond acceptors (Lipinski definition) is 5. The Morgan fingerprint density at radius 2 is 2.25 bits per heavy atom. The van der Waals surface area contributed by atoms with E-state index >= 15 is 0 Å². The molecule has 0 aliphatic heterocycles. The molecule has 8 nitrogen and oxygen atoms in total. The van der Waals surface area contributed by atoms with E-state index in [-0.39, 0.29) is 10.8 Å². The van der Waals surface area contributed by atoms with Crippen LogP contribution in [0, 0.1) is 0 Å². The van der Waals surface area contributed by atoms with E-state index in [2.05, 4.69) is 19.7 Å². The van der Waals surface area contributed by atoms with E-state index in [0.717, 1.165) is 12.3 Å². The average Bonchev–Trinajstić information content (AvgIpc) is 2.91. The van der Waals surface area contributed by atoms with Crippen LogP contribution in [-0.4, -0.2) is 34.4 Å². The fraction of sp³-hybridized carbons (Fsp3) is 0. The quantitative estimate of drug-likeness (QED) is 0.697. The Balaban J connectivity index is 2.22. The predicted molar refractivity (Wildman–Crippen MR) is 70.3 cm³/mol.